The molecule has 0 aromatic carbocycles. The van der Waals surface area contributed by atoms with Crippen LogP contribution >= 0.6 is 0 Å². The van der Waals surface area contributed by atoms with E-state index in [-0.39, 0.29) is 17.9 Å². The number of hydrogen-bond acceptors (Lipinski definition) is 2. The molecular formula is C13H21NO3. The van der Waals surface area contributed by atoms with Gasteiger partial charge in [0.1, 0.15) is 0 Å². The number of carboxylic acid groups (broad SMARTS) is 1. The predicted octanol–water partition coefficient (Wildman–Crippen LogP) is 1.60. The van der Waals surface area contributed by atoms with Gasteiger partial charge in [-0.1, -0.05) is 13.8 Å². The van der Waals surface area contributed by atoms with Gasteiger partial charge in [0.2, 0.25) is 5.91 Å². The molecule has 0 bridgehead atoms. The van der Waals surface area contributed by atoms with Gasteiger partial charge in [0.25, 0.3) is 0 Å². The Balaban J connectivity index is 2.02. The molecule has 2 aliphatic rings. The second-order valence-electron chi connectivity index (χ2n) is 5.84. The molecule has 1 saturated heterocycles. The van der Waals surface area contributed by atoms with E-state index in [0.717, 1.165) is 13.0 Å². The molecular weight excluding hydrogens is 218 g/mol. The number of nitrogens with zero attached hydrogens (tertiary/aromatic N) is 1. The molecule has 1 saturated carbocycles. The van der Waals surface area contributed by atoms with Crippen molar-refractivity contribution in [1.29, 1.82) is 0 Å². The Labute approximate surface area is 102 Å². The van der Waals surface area contributed by atoms with Crippen molar-refractivity contribution in [3.63, 3.8) is 0 Å². The minimum atomic E-state index is -0.825. The molecule has 2 rings (SSSR count). The van der Waals surface area contributed by atoms with Crippen molar-refractivity contribution in [3.05, 3.63) is 0 Å². The maximum absolute atomic E-state index is 12.2. The van der Waals surface area contributed by atoms with Gasteiger partial charge in [-0.3, -0.25) is 9.59 Å². The highest BCUT2D eigenvalue weighted by Gasteiger charge is 2.51. The Morgan fingerprint density at radius 1 is 1.12 bits per heavy atom. The van der Waals surface area contributed by atoms with Gasteiger partial charge in [-0.05, 0) is 31.6 Å². The van der Waals surface area contributed by atoms with Gasteiger partial charge in [-0.25, -0.2) is 0 Å². The molecule has 5 atom stereocenters. The van der Waals surface area contributed by atoms with Crippen LogP contribution in [-0.4, -0.2) is 34.5 Å². The molecule has 3 unspecified atom stereocenters. The highest BCUT2D eigenvalue weighted by atomic mass is 16.4. The van der Waals surface area contributed by atoms with E-state index in [1.165, 1.54) is 0 Å². The molecule has 1 aliphatic heterocycles. The SMILES string of the molecule is CC1CC(C)C(C)N(C(=O)[C@@H]2C[C@@H]2C(=O)O)C1. The minimum absolute atomic E-state index is 0.0586. The first-order chi connectivity index (χ1) is 7.91. The smallest absolute Gasteiger partial charge is 0.307 e. The van der Waals surface area contributed by atoms with Gasteiger partial charge in [0.15, 0.2) is 0 Å². The lowest BCUT2D eigenvalue weighted by Crippen LogP contribution is -2.49. The largest absolute Gasteiger partial charge is 0.481 e. The van der Waals surface area contributed by atoms with Crippen molar-refractivity contribution >= 4 is 11.9 Å². The second-order valence-corrected chi connectivity index (χ2v) is 5.84. The first kappa shape index (κ1) is 12.4. The summed E-state index contributed by atoms with van der Waals surface area (Å²) in [4.78, 5) is 24.9. The number of rotatable bonds is 2. The first-order valence-corrected chi connectivity index (χ1v) is 6.45. The zero-order valence-electron chi connectivity index (χ0n) is 10.7. The maximum Gasteiger partial charge on any atom is 0.307 e. The quantitative estimate of drug-likeness (QED) is 0.796. The third kappa shape index (κ3) is 2.31. The topological polar surface area (TPSA) is 57.6 Å². The molecule has 2 fully saturated rings. The standard InChI is InChI=1S/C13H21NO3/c1-7-4-8(2)9(3)14(6-7)12(15)10-5-11(10)13(16)17/h7-11H,4-6H2,1-3H3,(H,16,17)/t7?,8?,9?,10-,11+/m1/s1. The summed E-state index contributed by atoms with van der Waals surface area (Å²) in [6.07, 6.45) is 1.68. The van der Waals surface area contributed by atoms with Crippen LogP contribution in [0.5, 0.6) is 0 Å². The number of piperidine rings is 1. The Morgan fingerprint density at radius 2 is 1.76 bits per heavy atom. The van der Waals surface area contributed by atoms with Crippen LogP contribution in [0.15, 0.2) is 0 Å². The number of carbonyl (C=O) groups excluding carboxylic acids is 1. The molecule has 1 N–H and O–H groups in total. The van der Waals surface area contributed by atoms with Crippen molar-refractivity contribution in [2.75, 3.05) is 6.54 Å². The normalized spacial score (nSPS) is 41.1. The summed E-state index contributed by atoms with van der Waals surface area (Å²) in [5.74, 6) is -0.427. The fourth-order valence-corrected chi connectivity index (χ4v) is 2.96. The Bertz CT molecular complexity index is 342. The number of aliphatic carboxylic acids is 1. The van der Waals surface area contributed by atoms with Crippen molar-refractivity contribution < 1.29 is 14.7 Å². The Morgan fingerprint density at radius 3 is 2.29 bits per heavy atom. The molecule has 4 heteroatoms. The van der Waals surface area contributed by atoms with E-state index in [4.69, 9.17) is 5.11 Å². The van der Waals surface area contributed by atoms with E-state index in [1.54, 1.807) is 0 Å². The fourth-order valence-electron chi connectivity index (χ4n) is 2.96. The van der Waals surface area contributed by atoms with Crippen LogP contribution < -0.4 is 0 Å². The van der Waals surface area contributed by atoms with E-state index in [0.29, 0.717) is 18.3 Å². The van der Waals surface area contributed by atoms with Crippen LogP contribution in [0.2, 0.25) is 0 Å². The highest BCUT2D eigenvalue weighted by Crippen LogP contribution is 2.41. The average molecular weight is 239 g/mol. The lowest BCUT2D eigenvalue weighted by atomic mass is 9.85. The summed E-state index contributed by atoms with van der Waals surface area (Å²) in [7, 11) is 0. The summed E-state index contributed by atoms with van der Waals surface area (Å²) in [5.41, 5.74) is 0. The number of carbonyl (C=O) groups is 2. The summed E-state index contributed by atoms with van der Waals surface area (Å²) in [6.45, 7) is 7.19. The summed E-state index contributed by atoms with van der Waals surface area (Å²) in [5, 5.41) is 8.87. The molecule has 0 aromatic rings. The fraction of sp³-hybridized carbons (Fsp3) is 0.846. The van der Waals surface area contributed by atoms with Crippen LogP contribution in [-0.2, 0) is 9.59 Å². The van der Waals surface area contributed by atoms with Crippen LogP contribution in [0.25, 0.3) is 0 Å². The molecule has 4 nitrogen and oxygen atoms in total. The van der Waals surface area contributed by atoms with E-state index < -0.39 is 11.9 Å². The van der Waals surface area contributed by atoms with Crippen molar-refractivity contribution in [3.8, 4) is 0 Å². The number of amides is 1. The van der Waals surface area contributed by atoms with Gasteiger partial charge in [0.05, 0.1) is 11.8 Å². The minimum Gasteiger partial charge on any atom is -0.481 e. The van der Waals surface area contributed by atoms with Crippen LogP contribution in [0.1, 0.15) is 33.6 Å². The van der Waals surface area contributed by atoms with Gasteiger partial charge in [-0.2, -0.15) is 0 Å². The molecule has 0 spiro atoms. The van der Waals surface area contributed by atoms with Crippen LogP contribution in [0.4, 0.5) is 0 Å². The van der Waals surface area contributed by atoms with Gasteiger partial charge in [-0.15, -0.1) is 0 Å². The second kappa shape index (κ2) is 4.31. The molecule has 17 heavy (non-hydrogen) atoms. The van der Waals surface area contributed by atoms with Crippen molar-refractivity contribution in [2.24, 2.45) is 23.7 Å². The number of hydrogen-bond donors (Lipinski definition) is 1. The number of likely N-dealkylation sites (tertiary alicyclic amines) is 1. The van der Waals surface area contributed by atoms with E-state index in [1.807, 2.05) is 4.90 Å². The van der Waals surface area contributed by atoms with Crippen LogP contribution in [0.3, 0.4) is 0 Å². The summed E-state index contributed by atoms with van der Waals surface area (Å²) >= 11 is 0. The predicted molar refractivity (Wildman–Crippen MR) is 63.4 cm³/mol. The van der Waals surface area contributed by atoms with Gasteiger partial charge >= 0.3 is 5.97 Å². The lowest BCUT2D eigenvalue weighted by Gasteiger charge is -2.41. The van der Waals surface area contributed by atoms with Crippen LogP contribution in [0, 0.1) is 23.7 Å². The Kier molecular flexibility index (Phi) is 3.15. The van der Waals surface area contributed by atoms with Crippen molar-refractivity contribution in [1.82, 2.24) is 4.90 Å². The first-order valence-electron chi connectivity index (χ1n) is 6.45. The zero-order chi connectivity index (χ0) is 12.7. The van der Waals surface area contributed by atoms with E-state index in [2.05, 4.69) is 20.8 Å². The lowest BCUT2D eigenvalue weighted by molar-refractivity contribution is -0.144. The molecule has 1 aliphatic carbocycles. The van der Waals surface area contributed by atoms with Crippen molar-refractivity contribution in [2.45, 2.75) is 39.7 Å². The third-order valence-electron chi connectivity index (χ3n) is 4.31. The van der Waals surface area contributed by atoms with Gasteiger partial charge in [0, 0.05) is 12.6 Å². The average Bonchev–Trinajstić information content (AvgIpc) is 3.02. The molecule has 0 aromatic heterocycles. The number of carboxylic acids is 1. The zero-order valence-corrected chi connectivity index (χ0v) is 10.7. The molecule has 1 amide bonds. The summed E-state index contributed by atoms with van der Waals surface area (Å²) < 4.78 is 0. The van der Waals surface area contributed by atoms with E-state index >= 15 is 0 Å². The molecule has 96 valence electrons. The maximum atomic E-state index is 12.2. The molecule has 1 heterocycles. The summed E-state index contributed by atoms with van der Waals surface area (Å²) in [6, 6.07) is 0.244. The highest BCUT2D eigenvalue weighted by molar-refractivity contribution is 5.89. The van der Waals surface area contributed by atoms with Gasteiger partial charge < -0.3 is 10.0 Å². The van der Waals surface area contributed by atoms with E-state index in [9.17, 15) is 9.59 Å². The monoisotopic (exact) mass is 239 g/mol. The third-order valence-corrected chi connectivity index (χ3v) is 4.31. The Hall–Kier alpha value is -1.06. The molecule has 0 radical (unpaired) electrons.